The van der Waals surface area contributed by atoms with E-state index in [0.29, 0.717) is 11.3 Å². The van der Waals surface area contributed by atoms with Crippen LogP contribution in [0.3, 0.4) is 0 Å². The Labute approximate surface area is 145 Å². The summed E-state index contributed by atoms with van der Waals surface area (Å²) >= 11 is 0. The smallest absolute Gasteiger partial charge is 0.306 e. The van der Waals surface area contributed by atoms with Crippen molar-refractivity contribution in [3.05, 3.63) is 53.3 Å². The highest BCUT2D eigenvalue weighted by molar-refractivity contribution is 5.97. The summed E-state index contributed by atoms with van der Waals surface area (Å²) in [6.07, 6.45) is 1.46. The predicted molar refractivity (Wildman–Crippen MR) is 91.1 cm³/mol. The molecule has 25 heavy (non-hydrogen) atoms. The van der Waals surface area contributed by atoms with Gasteiger partial charge < -0.3 is 4.74 Å². The van der Waals surface area contributed by atoms with Gasteiger partial charge in [-0.3, -0.25) is 19.7 Å². The number of carbonyl (C=O) groups excluding carboxylic acids is 3. The Morgan fingerprint density at radius 1 is 1.04 bits per heavy atom. The van der Waals surface area contributed by atoms with E-state index in [-0.39, 0.29) is 24.6 Å². The maximum absolute atomic E-state index is 12.0. The first-order chi connectivity index (χ1) is 11.9. The Morgan fingerprint density at radius 2 is 1.76 bits per heavy atom. The van der Waals surface area contributed by atoms with Crippen LogP contribution in [0.2, 0.25) is 0 Å². The maximum atomic E-state index is 12.0. The fourth-order valence-electron chi connectivity index (χ4n) is 1.99. The Hall–Kier alpha value is -3.09. The molecule has 0 aliphatic heterocycles. The molecule has 0 atom stereocenters. The summed E-state index contributed by atoms with van der Waals surface area (Å²) in [5.74, 6) is -1.14. The van der Waals surface area contributed by atoms with Crippen LogP contribution in [0, 0.1) is 13.8 Å². The minimum atomic E-state index is -0.610. The third kappa shape index (κ3) is 6.14. The number of anilines is 1. The van der Waals surface area contributed by atoms with Crippen LogP contribution in [0.5, 0.6) is 0 Å². The summed E-state index contributed by atoms with van der Waals surface area (Å²) in [6, 6.07) is 8.81. The summed E-state index contributed by atoms with van der Waals surface area (Å²) in [5, 5.41) is 2.43. The van der Waals surface area contributed by atoms with Crippen LogP contribution in [-0.2, 0) is 14.3 Å². The number of hydrogen-bond acceptors (Lipinski definition) is 6. The second kappa shape index (κ2) is 8.68. The number of esters is 1. The summed E-state index contributed by atoms with van der Waals surface area (Å²) in [5.41, 5.74) is 2.31. The van der Waals surface area contributed by atoms with Gasteiger partial charge in [-0.15, -0.1) is 0 Å². The first-order valence-corrected chi connectivity index (χ1v) is 7.79. The van der Waals surface area contributed by atoms with Crippen LogP contribution in [-0.4, -0.2) is 34.2 Å². The van der Waals surface area contributed by atoms with E-state index in [2.05, 4.69) is 15.3 Å². The average Bonchev–Trinajstić information content (AvgIpc) is 2.58. The van der Waals surface area contributed by atoms with Crippen molar-refractivity contribution in [1.29, 1.82) is 0 Å². The number of nitrogens with zero attached hydrogens (tertiary/aromatic N) is 2. The fraction of sp³-hybridized carbons (Fsp3) is 0.278. The molecule has 0 saturated heterocycles. The number of aryl methyl sites for hydroxylation is 2. The fourth-order valence-corrected chi connectivity index (χ4v) is 1.99. The second-order valence-corrected chi connectivity index (χ2v) is 5.52. The molecule has 1 N–H and O–H groups in total. The SMILES string of the molecule is Cc1ccc(C(=O)CCC(=O)OCC(=O)Nc2nccc(C)n2)cc1. The third-order valence-electron chi connectivity index (χ3n) is 3.34. The number of aromatic nitrogens is 2. The second-order valence-electron chi connectivity index (χ2n) is 5.52. The van der Waals surface area contributed by atoms with Crippen LogP contribution in [0.4, 0.5) is 5.95 Å². The van der Waals surface area contributed by atoms with Crippen molar-refractivity contribution < 1.29 is 19.1 Å². The molecule has 0 aliphatic carbocycles. The number of ether oxygens (including phenoxy) is 1. The highest BCUT2D eigenvalue weighted by Gasteiger charge is 2.12. The molecular formula is C18H19N3O4. The van der Waals surface area contributed by atoms with Gasteiger partial charge in [-0.2, -0.15) is 0 Å². The zero-order chi connectivity index (χ0) is 18.2. The van der Waals surface area contributed by atoms with E-state index in [1.54, 1.807) is 25.1 Å². The van der Waals surface area contributed by atoms with Gasteiger partial charge in [-0.05, 0) is 19.9 Å². The quantitative estimate of drug-likeness (QED) is 0.612. The van der Waals surface area contributed by atoms with Crippen LogP contribution < -0.4 is 5.32 Å². The molecule has 0 bridgehead atoms. The lowest BCUT2D eigenvalue weighted by Gasteiger charge is -2.06. The van der Waals surface area contributed by atoms with Gasteiger partial charge in [0.15, 0.2) is 12.4 Å². The van der Waals surface area contributed by atoms with Gasteiger partial charge in [0.2, 0.25) is 5.95 Å². The Bertz CT molecular complexity index is 772. The van der Waals surface area contributed by atoms with Gasteiger partial charge in [-0.1, -0.05) is 29.8 Å². The molecule has 0 fully saturated rings. The van der Waals surface area contributed by atoms with E-state index < -0.39 is 18.5 Å². The molecular weight excluding hydrogens is 322 g/mol. The molecule has 130 valence electrons. The summed E-state index contributed by atoms with van der Waals surface area (Å²) < 4.78 is 4.85. The largest absolute Gasteiger partial charge is 0.456 e. The van der Waals surface area contributed by atoms with Crippen LogP contribution in [0.25, 0.3) is 0 Å². The Balaban J connectivity index is 1.72. The van der Waals surface area contributed by atoms with Gasteiger partial charge in [0.1, 0.15) is 0 Å². The monoisotopic (exact) mass is 341 g/mol. The van der Waals surface area contributed by atoms with E-state index >= 15 is 0 Å². The van der Waals surface area contributed by atoms with E-state index in [1.807, 2.05) is 19.1 Å². The molecule has 0 saturated carbocycles. The lowest BCUT2D eigenvalue weighted by molar-refractivity contribution is -0.147. The number of ketones is 1. The van der Waals surface area contributed by atoms with Crippen LogP contribution >= 0.6 is 0 Å². The number of benzene rings is 1. The summed E-state index contributed by atoms with van der Waals surface area (Å²) in [7, 11) is 0. The molecule has 2 aromatic rings. The van der Waals surface area contributed by atoms with E-state index in [9.17, 15) is 14.4 Å². The molecule has 0 radical (unpaired) electrons. The van der Waals surface area contributed by atoms with Gasteiger partial charge >= 0.3 is 5.97 Å². The molecule has 7 heteroatoms. The van der Waals surface area contributed by atoms with Crippen molar-refractivity contribution in [2.75, 3.05) is 11.9 Å². The van der Waals surface area contributed by atoms with Crippen LogP contribution in [0.1, 0.15) is 34.5 Å². The van der Waals surface area contributed by atoms with Crippen LogP contribution in [0.15, 0.2) is 36.5 Å². The van der Waals surface area contributed by atoms with E-state index in [0.717, 1.165) is 5.56 Å². The molecule has 1 aromatic heterocycles. The molecule has 1 amide bonds. The van der Waals surface area contributed by atoms with Crippen molar-refractivity contribution >= 4 is 23.6 Å². The molecule has 0 aliphatic rings. The Kier molecular flexibility index (Phi) is 6.33. The maximum Gasteiger partial charge on any atom is 0.306 e. The number of carbonyl (C=O) groups is 3. The third-order valence-corrected chi connectivity index (χ3v) is 3.34. The van der Waals surface area contributed by atoms with Crippen molar-refractivity contribution in [2.45, 2.75) is 26.7 Å². The Morgan fingerprint density at radius 3 is 2.44 bits per heavy atom. The van der Waals surface area contributed by atoms with Crippen molar-refractivity contribution in [1.82, 2.24) is 9.97 Å². The average molecular weight is 341 g/mol. The highest BCUT2D eigenvalue weighted by atomic mass is 16.5. The first-order valence-electron chi connectivity index (χ1n) is 7.79. The topological polar surface area (TPSA) is 98.2 Å². The minimum absolute atomic E-state index is 0.0322. The van der Waals surface area contributed by atoms with Gasteiger partial charge in [-0.25, -0.2) is 9.97 Å². The van der Waals surface area contributed by atoms with Crippen molar-refractivity contribution in [3.8, 4) is 0 Å². The molecule has 0 spiro atoms. The highest BCUT2D eigenvalue weighted by Crippen LogP contribution is 2.08. The number of rotatable bonds is 7. The number of amides is 1. The zero-order valence-corrected chi connectivity index (χ0v) is 14.1. The standard InChI is InChI=1S/C18H19N3O4/c1-12-3-5-14(6-4-12)15(22)7-8-17(24)25-11-16(23)21-18-19-10-9-13(2)20-18/h3-6,9-10H,7-8,11H2,1-2H3,(H,19,20,21,23). The number of hydrogen-bond donors (Lipinski definition) is 1. The van der Waals surface area contributed by atoms with Gasteiger partial charge in [0.05, 0.1) is 6.42 Å². The lowest BCUT2D eigenvalue weighted by Crippen LogP contribution is -2.22. The lowest BCUT2D eigenvalue weighted by atomic mass is 10.1. The first kappa shape index (κ1) is 18.3. The normalized spacial score (nSPS) is 10.2. The van der Waals surface area contributed by atoms with E-state index in [1.165, 1.54) is 6.20 Å². The molecule has 7 nitrogen and oxygen atoms in total. The molecule has 1 heterocycles. The number of Topliss-reactive ketones (excluding diaryl/α,β-unsaturated/α-hetero) is 1. The van der Waals surface area contributed by atoms with Gasteiger partial charge in [0, 0.05) is 23.9 Å². The number of nitrogens with one attached hydrogen (secondary N) is 1. The van der Waals surface area contributed by atoms with Gasteiger partial charge in [0.25, 0.3) is 5.91 Å². The molecule has 1 aromatic carbocycles. The molecule has 0 unspecified atom stereocenters. The molecule has 2 rings (SSSR count). The van der Waals surface area contributed by atoms with Crippen molar-refractivity contribution in [3.63, 3.8) is 0 Å². The zero-order valence-electron chi connectivity index (χ0n) is 14.1. The summed E-state index contributed by atoms with van der Waals surface area (Å²) in [4.78, 5) is 43.2. The van der Waals surface area contributed by atoms with E-state index in [4.69, 9.17) is 4.74 Å². The van der Waals surface area contributed by atoms with Crippen molar-refractivity contribution in [2.24, 2.45) is 0 Å². The minimum Gasteiger partial charge on any atom is -0.456 e. The summed E-state index contributed by atoms with van der Waals surface area (Å²) in [6.45, 7) is 3.25. The predicted octanol–water partition coefficient (Wildman–Crippen LogP) is 2.24.